The maximum atomic E-state index is 12.1. The van der Waals surface area contributed by atoms with Crippen molar-refractivity contribution in [2.24, 2.45) is 5.73 Å². The summed E-state index contributed by atoms with van der Waals surface area (Å²) < 4.78 is 11.1. The standard InChI is InChI=1S/C23H28N3O4/c24-23(28)21-16-20(30-17-18-4-2-1-3-5-18)8-6-19(21)7-9-22(27)25-10-11-26-12-14-29-15-13-26/h1-6,8-9,16H,7,10-15,17H2,(H2,24,28)(H,25,27). The largest absolute Gasteiger partial charge is 0.489 e. The van der Waals surface area contributed by atoms with Crippen LogP contribution in [0.4, 0.5) is 0 Å². The van der Waals surface area contributed by atoms with Crippen molar-refractivity contribution in [1.29, 1.82) is 0 Å². The highest BCUT2D eigenvalue weighted by Gasteiger charge is 2.13. The van der Waals surface area contributed by atoms with Crippen LogP contribution < -0.4 is 15.8 Å². The quantitative estimate of drug-likeness (QED) is 0.620. The molecule has 0 saturated carbocycles. The summed E-state index contributed by atoms with van der Waals surface area (Å²) in [4.78, 5) is 26.2. The molecule has 159 valence electrons. The number of hydrogen-bond donors (Lipinski definition) is 2. The van der Waals surface area contributed by atoms with Crippen molar-refractivity contribution in [3.8, 4) is 5.75 Å². The first-order valence-corrected chi connectivity index (χ1v) is 10.1. The van der Waals surface area contributed by atoms with Gasteiger partial charge in [-0.1, -0.05) is 36.4 Å². The summed E-state index contributed by atoms with van der Waals surface area (Å²) in [6.07, 6.45) is 1.85. The normalized spacial score (nSPS) is 14.3. The molecule has 3 N–H and O–H groups in total. The average Bonchev–Trinajstić information content (AvgIpc) is 2.78. The number of nitrogens with two attached hydrogens (primary N) is 1. The van der Waals surface area contributed by atoms with Crippen LogP contribution in [0.5, 0.6) is 5.75 Å². The first-order valence-electron chi connectivity index (χ1n) is 10.1. The summed E-state index contributed by atoms with van der Waals surface area (Å²) in [5.74, 6) is -0.147. The summed E-state index contributed by atoms with van der Waals surface area (Å²) in [5, 5.41) is 2.88. The number of morpholine rings is 1. The van der Waals surface area contributed by atoms with Crippen LogP contribution in [0.15, 0.2) is 48.5 Å². The first kappa shape index (κ1) is 21.8. The number of ether oxygens (including phenoxy) is 2. The Kier molecular flexibility index (Phi) is 8.23. The molecule has 0 aliphatic carbocycles. The van der Waals surface area contributed by atoms with Gasteiger partial charge in [-0.15, -0.1) is 0 Å². The Bertz CT molecular complexity index is 836. The Hall–Kier alpha value is -2.90. The molecular formula is C23H28N3O4. The Morgan fingerprint density at radius 2 is 1.90 bits per heavy atom. The minimum absolute atomic E-state index is 0.164. The second-order valence-corrected chi connectivity index (χ2v) is 7.11. The fourth-order valence-corrected chi connectivity index (χ4v) is 3.23. The molecule has 1 aliphatic heterocycles. The Labute approximate surface area is 177 Å². The molecule has 3 rings (SSSR count). The number of carbonyl (C=O) groups excluding carboxylic acids is 2. The number of benzene rings is 2. The Balaban J connectivity index is 1.48. The zero-order chi connectivity index (χ0) is 21.2. The molecule has 2 amide bonds. The van der Waals surface area contributed by atoms with E-state index in [0.29, 0.717) is 36.4 Å². The molecule has 1 saturated heterocycles. The SMILES string of the molecule is NC(=O)c1cc(OCc2ccccc2)ccc1C[CH]C(=O)NCCN1CCOCC1. The fraction of sp³-hybridized carbons (Fsp3) is 0.348. The molecule has 0 spiro atoms. The van der Waals surface area contributed by atoms with Gasteiger partial charge in [-0.25, -0.2) is 0 Å². The third kappa shape index (κ3) is 6.86. The van der Waals surface area contributed by atoms with E-state index < -0.39 is 5.91 Å². The van der Waals surface area contributed by atoms with Crippen LogP contribution in [0.1, 0.15) is 21.5 Å². The van der Waals surface area contributed by atoms with Gasteiger partial charge < -0.3 is 20.5 Å². The molecule has 0 bridgehead atoms. The monoisotopic (exact) mass is 410 g/mol. The van der Waals surface area contributed by atoms with Gasteiger partial charge in [0.2, 0.25) is 11.8 Å². The first-order chi connectivity index (χ1) is 14.6. The van der Waals surface area contributed by atoms with Crippen LogP contribution in [0.2, 0.25) is 0 Å². The van der Waals surface area contributed by atoms with Crippen molar-refractivity contribution in [1.82, 2.24) is 10.2 Å². The van der Waals surface area contributed by atoms with Crippen LogP contribution in [0, 0.1) is 6.42 Å². The van der Waals surface area contributed by atoms with E-state index in [4.69, 9.17) is 15.2 Å². The molecule has 7 heteroatoms. The van der Waals surface area contributed by atoms with Crippen molar-refractivity contribution in [2.45, 2.75) is 13.0 Å². The maximum absolute atomic E-state index is 12.1. The van der Waals surface area contributed by atoms with Gasteiger partial charge in [0.25, 0.3) is 0 Å². The van der Waals surface area contributed by atoms with Gasteiger partial charge in [-0.2, -0.15) is 0 Å². The van der Waals surface area contributed by atoms with Gasteiger partial charge in [-0.3, -0.25) is 14.5 Å². The smallest absolute Gasteiger partial charge is 0.249 e. The molecule has 2 aromatic rings. The lowest BCUT2D eigenvalue weighted by molar-refractivity contribution is -0.118. The molecule has 1 fully saturated rings. The highest BCUT2D eigenvalue weighted by atomic mass is 16.5. The Morgan fingerprint density at radius 3 is 2.63 bits per heavy atom. The molecule has 30 heavy (non-hydrogen) atoms. The number of hydrogen-bond acceptors (Lipinski definition) is 5. The van der Waals surface area contributed by atoms with Crippen molar-refractivity contribution in [3.63, 3.8) is 0 Å². The molecule has 1 aliphatic rings. The number of amides is 2. The second-order valence-electron chi connectivity index (χ2n) is 7.11. The predicted molar refractivity (Wildman–Crippen MR) is 114 cm³/mol. The fourth-order valence-electron chi connectivity index (χ4n) is 3.23. The minimum Gasteiger partial charge on any atom is -0.489 e. The molecule has 0 aromatic heterocycles. The molecule has 1 radical (unpaired) electrons. The average molecular weight is 410 g/mol. The molecule has 1 heterocycles. The zero-order valence-corrected chi connectivity index (χ0v) is 17.0. The van der Waals surface area contributed by atoms with Crippen LogP contribution in [-0.2, 0) is 22.6 Å². The van der Waals surface area contributed by atoms with Gasteiger partial charge in [0.15, 0.2) is 0 Å². The van der Waals surface area contributed by atoms with Crippen LogP contribution >= 0.6 is 0 Å². The minimum atomic E-state index is -0.545. The van der Waals surface area contributed by atoms with Gasteiger partial charge in [-0.05, 0) is 29.7 Å². The summed E-state index contributed by atoms with van der Waals surface area (Å²) >= 11 is 0. The van der Waals surface area contributed by atoms with E-state index in [-0.39, 0.29) is 5.91 Å². The highest BCUT2D eigenvalue weighted by molar-refractivity contribution is 5.95. The van der Waals surface area contributed by atoms with E-state index in [9.17, 15) is 9.59 Å². The summed E-state index contributed by atoms with van der Waals surface area (Å²) in [6.45, 7) is 5.02. The number of nitrogens with one attached hydrogen (secondary N) is 1. The van der Waals surface area contributed by atoms with E-state index in [1.54, 1.807) is 18.2 Å². The van der Waals surface area contributed by atoms with Gasteiger partial charge >= 0.3 is 0 Å². The highest BCUT2D eigenvalue weighted by Crippen LogP contribution is 2.20. The van der Waals surface area contributed by atoms with E-state index >= 15 is 0 Å². The van der Waals surface area contributed by atoms with E-state index in [1.165, 1.54) is 6.42 Å². The van der Waals surface area contributed by atoms with E-state index in [1.807, 2.05) is 30.3 Å². The summed E-state index contributed by atoms with van der Waals surface area (Å²) in [5.41, 5.74) is 7.62. The van der Waals surface area contributed by atoms with Crippen LogP contribution in [0.25, 0.3) is 0 Å². The summed E-state index contributed by atoms with van der Waals surface area (Å²) in [6, 6.07) is 15.0. The van der Waals surface area contributed by atoms with Gasteiger partial charge in [0.05, 0.1) is 19.6 Å². The molecule has 2 aromatic carbocycles. The Morgan fingerprint density at radius 1 is 1.13 bits per heavy atom. The van der Waals surface area contributed by atoms with E-state index in [0.717, 1.165) is 38.4 Å². The molecule has 0 atom stereocenters. The van der Waals surface area contributed by atoms with Crippen molar-refractivity contribution < 1.29 is 19.1 Å². The van der Waals surface area contributed by atoms with Crippen molar-refractivity contribution in [3.05, 3.63) is 71.6 Å². The maximum Gasteiger partial charge on any atom is 0.249 e. The third-order valence-corrected chi connectivity index (χ3v) is 4.93. The zero-order valence-electron chi connectivity index (χ0n) is 17.0. The van der Waals surface area contributed by atoms with Crippen molar-refractivity contribution >= 4 is 11.8 Å². The lowest BCUT2D eigenvalue weighted by Gasteiger charge is -2.26. The van der Waals surface area contributed by atoms with Gasteiger partial charge in [0, 0.05) is 31.7 Å². The molecular weight excluding hydrogens is 382 g/mol. The van der Waals surface area contributed by atoms with Crippen LogP contribution in [0.3, 0.4) is 0 Å². The summed E-state index contributed by atoms with van der Waals surface area (Å²) in [7, 11) is 0. The topological polar surface area (TPSA) is 93.9 Å². The second kappa shape index (κ2) is 11.3. The lowest BCUT2D eigenvalue weighted by Crippen LogP contribution is -2.41. The number of primary amides is 1. The molecule has 7 nitrogen and oxygen atoms in total. The van der Waals surface area contributed by atoms with Gasteiger partial charge in [0.1, 0.15) is 12.4 Å². The van der Waals surface area contributed by atoms with Crippen molar-refractivity contribution in [2.75, 3.05) is 39.4 Å². The lowest BCUT2D eigenvalue weighted by atomic mass is 10.0. The number of nitrogens with zero attached hydrogens (tertiary/aromatic N) is 1. The molecule has 0 unspecified atom stereocenters. The van der Waals surface area contributed by atoms with E-state index in [2.05, 4.69) is 10.2 Å². The number of rotatable bonds is 10. The van der Waals surface area contributed by atoms with Crippen LogP contribution in [-0.4, -0.2) is 56.1 Å². The predicted octanol–water partition coefficient (Wildman–Crippen LogP) is 1.56. The number of carbonyl (C=O) groups is 2. The third-order valence-electron chi connectivity index (χ3n) is 4.93.